The highest BCUT2D eigenvalue weighted by Crippen LogP contribution is 2.13. The minimum absolute atomic E-state index is 0.0325. The van der Waals surface area contributed by atoms with E-state index in [0.717, 1.165) is 5.56 Å². The van der Waals surface area contributed by atoms with Crippen molar-refractivity contribution in [3.63, 3.8) is 0 Å². The van der Waals surface area contributed by atoms with Crippen LogP contribution in [0.4, 0.5) is 5.69 Å². The molecule has 0 aromatic heterocycles. The summed E-state index contributed by atoms with van der Waals surface area (Å²) < 4.78 is 32.5. The summed E-state index contributed by atoms with van der Waals surface area (Å²) in [4.78, 5) is 24.1. The number of ether oxygens (including phenoxy) is 1. The van der Waals surface area contributed by atoms with E-state index in [1.807, 2.05) is 24.3 Å². The van der Waals surface area contributed by atoms with Crippen molar-refractivity contribution in [3.05, 3.63) is 96.1 Å². The van der Waals surface area contributed by atoms with Gasteiger partial charge in [0.2, 0.25) is 10.0 Å². The molecule has 0 fully saturated rings. The van der Waals surface area contributed by atoms with E-state index in [9.17, 15) is 18.0 Å². The van der Waals surface area contributed by atoms with E-state index in [4.69, 9.17) is 4.74 Å². The Morgan fingerprint density at radius 2 is 1.50 bits per heavy atom. The normalized spacial score (nSPS) is 10.9. The zero-order chi connectivity index (χ0) is 21.4. The van der Waals surface area contributed by atoms with Gasteiger partial charge < -0.3 is 10.1 Å². The third kappa shape index (κ3) is 6.00. The van der Waals surface area contributed by atoms with Gasteiger partial charge in [-0.05, 0) is 35.9 Å². The van der Waals surface area contributed by atoms with Crippen LogP contribution in [0.5, 0.6) is 0 Å². The number of esters is 1. The quantitative estimate of drug-likeness (QED) is 0.542. The fourth-order valence-corrected chi connectivity index (χ4v) is 3.64. The summed E-state index contributed by atoms with van der Waals surface area (Å²) >= 11 is 0. The van der Waals surface area contributed by atoms with E-state index in [-0.39, 0.29) is 17.0 Å². The second-order valence-corrected chi connectivity index (χ2v) is 8.10. The van der Waals surface area contributed by atoms with Crippen molar-refractivity contribution in [2.45, 2.75) is 11.4 Å². The van der Waals surface area contributed by atoms with Crippen LogP contribution in [0.2, 0.25) is 0 Å². The lowest BCUT2D eigenvalue weighted by Crippen LogP contribution is -2.24. The number of hydrogen-bond acceptors (Lipinski definition) is 5. The highest BCUT2D eigenvalue weighted by Gasteiger charge is 2.17. The van der Waals surface area contributed by atoms with E-state index >= 15 is 0 Å². The Labute approximate surface area is 174 Å². The molecule has 0 saturated carbocycles. The molecule has 0 aliphatic rings. The minimum atomic E-state index is -3.82. The Morgan fingerprint density at radius 1 is 0.833 bits per heavy atom. The van der Waals surface area contributed by atoms with E-state index in [1.165, 1.54) is 24.3 Å². The highest BCUT2D eigenvalue weighted by molar-refractivity contribution is 7.89. The number of benzene rings is 3. The molecule has 1 amide bonds. The number of carbonyl (C=O) groups excluding carboxylic acids is 2. The van der Waals surface area contributed by atoms with Gasteiger partial charge in [0.25, 0.3) is 5.91 Å². The molecule has 0 radical (unpaired) electrons. The van der Waals surface area contributed by atoms with Crippen LogP contribution >= 0.6 is 0 Å². The molecular weight excluding hydrogens is 404 g/mol. The molecule has 0 heterocycles. The van der Waals surface area contributed by atoms with Crippen LogP contribution < -0.4 is 10.0 Å². The van der Waals surface area contributed by atoms with Gasteiger partial charge in [0, 0.05) is 12.2 Å². The molecule has 0 saturated heterocycles. The number of amides is 1. The van der Waals surface area contributed by atoms with Crippen LogP contribution in [-0.2, 0) is 26.1 Å². The topological polar surface area (TPSA) is 102 Å². The first-order chi connectivity index (χ1) is 14.4. The van der Waals surface area contributed by atoms with Crippen molar-refractivity contribution in [3.8, 4) is 0 Å². The zero-order valence-corrected chi connectivity index (χ0v) is 16.8. The summed E-state index contributed by atoms with van der Waals surface area (Å²) in [5, 5.41) is 2.59. The summed E-state index contributed by atoms with van der Waals surface area (Å²) in [6.07, 6.45) is 0. The molecule has 0 spiro atoms. The van der Waals surface area contributed by atoms with Gasteiger partial charge in [-0.25, -0.2) is 17.9 Å². The summed E-state index contributed by atoms with van der Waals surface area (Å²) in [6, 6.07) is 23.3. The largest absolute Gasteiger partial charge is 0.452 e. The molecule has 0 unspecified atom stereocenters. The molecule has 3 aromatic rings. The Bertz CT molecular complexity index is 1120. The van der Waals surface area contributed by atoms with Gasteiger partial charge in [0.05, 0.1) is 10.5 Å². The van der Waals surface area contributed by atoms with Crippen LogP contribution in [0.25, 0.3) is 0 Å². The fourth-order valence-electron chi connectivity index (χ4n) is 2.58. The molecule has 3 aromatic carbocycles. The molecule has 154 valence electrons. The third-order valence-corrected chi connectivity index (χ3v) is 5.48. The van der Waals surface area contributed by atoms with Crippen molar-refractivity contribution < 1.29 is 22.7 Å². The van der Waals surface area contributed by atoms with Gasteiger partial charge in [-0.1, -0.05) is 54.6 Å². The maximum Gasteiger partial charge on any atom is 0.338 e. The lowest BCUT2D eigenvalue weighted by Gasteiger charge is -2.09. The van der Waals surface area contributed by atoms with Crippen molar-refractivity contribution in [1.82, 2.24) is 4.72 Å². The number of anilines is 1. The van der Waals surface area contributed by atoms with Crippen LogP contribution in [-0.4, -0.2) is 26.9 Å². The second-order valence-electron chi connectivity index (χ2n) is 6.33. The van der Waals surface area contributed by atoms with Crippen molar-refractivity contribution in [2.24, 2.45) is 0 Å². The predicted molar refractivity (Wildman–Crippen MR) is 112 cm³/mol. The molecule has 3 rings (SSSR count). The van der Waals surface area contributed by atoms with Crippen LogP contribution in [0, 0.1) is 0 Å². The smallest absolute Gasteiger partial charge is 0.338 e. The summed E-state index contributed by atoms with van der Waals surface area (Å²) in [6.45, 7) is -0.367. The first-order valence-electron chi connectivity index (χ1n) is 9.10. The lowest BCUT2D eigenvalue weighted by molar-refractivity contribution is -0.119. The Kier molecular flexibility index (Phi) is 6.95. The maximum absolute atomic E-state index is 12.5. The van der Waals surface area contributed by atoms with Gasteiger partial charge in [0.15, 0.2) is 6.61 Å². The van der Waals surface area contributed by atoms with Crippen molar-refractivity contribution >= 4 is 27.6 Å². The van der Waals surface area contributed by atoms with Gasteiger partial charge in [-0.2, -0.15) is 0 Å². The molecule has 0 atom stereocenters. The number of hydrogen-bond donors (Lipinski definition) is 2. The molecule has 0 bridgehead atoms. The Hall–Kier alpha value is -3.49. The molecule has 0 aliphatic heterocycles. The first kappa shape index (κ1) is 21.2. The average molecular weight is 424 g/mol. The van der Waals surface area contributed by atoms with E-state index < -0.39 is 28.5 Å². The summed E-state index contributed by atoms with van der Waals surface area (Å²) in [5.74, 6) is -1.29. The summed E-state index contributed by atoms with van der Waals surface area (Å²) in [5.41, 5.74) is 1.42. The van der Waals surface area contributed by atoms with Crippen molar-refractivity contribution in [2.75, 3.05) is 11.9 Å². The average Bonchev–Trinajstić information content (AvgIpc) is 2.77. The molecule has 7 nitrogen and oxygen atoms in total. The number of sulfonamides is 1. The monoisotopic (exact) mass is 424 g/mol. The number of carbonyl (C=O) groups is 2. The fraction of sp³-hybridized carbons (Fsp3) is 0.0909. The Morgan fingerprint density at radius 3 is 2.20 bits per heavy atom. The SMILES string of the molecule is O=C(COC(=O)c1cccc(S(=O)(=O)NCc2ccccc2)c1)Nc1ccccc1. The maximum atomic E-state index is 12.5. The van der Waals surface area contributed by atoms with Gasteiger partial charge >= 0.3 is 5.97 Å². The molecule has 30 heavy (non-hydrogen) atoms. The zero-order valence-electron chi connectivity index (χ0n) is 15.9. The van der Waals surface area contributed by atoms with Crippen LogP contribution in [0.15, 0.2) is 89.8 Å². The number of rotatable bonds is 8. The molecule has 0 aliphatic carbocycles. The predicted octanol–water partition coefficient (Wildman–Crippen LogP) is 2.96. The van der Waals surface area contributed by atoms with Gasteiger partial charge in [0.1, 0.15) is 0 Å². The molecule has 8 heteroatoms. The van der Waals surface area contributed by atoms with Crippen molar-refractivity contribution in [1.29, 1.82) is 0 Å². The first-order valence-corrected chi connectivity index (χ1v) is 10.6. The van der Waals surface area contributed by atoms with Gasteiger partial charge in [-0.3, -0.25) is 4.79 Å². The third-order valence-electron chi connectivity index (χ3n) is 4.08. The standard InChI is InChI=1S/C22H20N2O5S/c25-21(24-19-11-5-2-6-12-19)16-29-22(26)18-10-7-13-20(14-18)30(27,28)23-15-17-8-3-1-4-9-17/h1-14,23H,15-16H2,(H,24,25). The second kappa shape index (κ2) is 9.82. The van der Waals surface area contributed by atoms with E-state index in [1.54, 1.807) is 36.4 Å². The minimum Gasteiger partial charge on any atom is -0.452 e. The highest BCUT2D eigenvalue weighted by atomic mass is 32.2. The molecular formula is C22H20N2O5S. The summed E-state index contributed by atoms with van der Waals surface area (Å²) in [7, 11) is -3.82. The number of nitrogens with one attached hydrogen (secondary N) is 2. The number of para-hydroxylation sites is 1. The van der Waals surface area contributed by atoms with Gasteiger partial charge in [-0.15, -0.1) is 0 Å². The van der Waals surface area contributed by atoms with Crippen LogP contribution in [0.3, 0.4) is 0 Å². The van der Waals surface area contributed by atoms with E-state index in [0.29, 0.717) is 5.69 Å². The van der Waals surface area contributed by atoms with E-state index in [2.05, 4.69) is 10.0 Å². The molecule has 2 N–H and O–H groups in total. The lowest BCUT2D eigenvalue weighted by atomic mass is 10.2. The van der Waals surface area contributed by atoms with Crippen LogP contribution in [0.1, 0.15) is 15.9 Å². The Balaban J connectivity index is 1.59.